The SMILES string of the molecule is O=P([O-])([O-])[O-].[Mg+][CaH].[Mg+][CaH].[Mg+][CaH]. The van der Waals surface area contributed by atoms with Gasteiger partial charge in [0.05, 0.1) is 0 Å². The van der Waals surface area contributed by atoms with Gasteiger partial charge in [0.1, 0.15) is 0 Å². The Bertz CT molecular complexity index is 66.7. The number of hydrogen-bond donors (Lipinski definition) is 0. The second-order valence-corrected chi connectivity index (χ2v) is 1.34. The fourth-order valence-electron chi connectivity index (χ4n) is 0. The van der Waals surface area contributed by atoms with Crippen molar-refractivity contribution >= 4 is 143 Å². The molecule has 0 aliphatic rings. The summed E-state index contributed by atoms with van der Waals surface area (Å²) in [6.07, 6.45) is 0. The van der Waals surface area contributed by atoms with Gasteiger partial charge in [-0.3, -0.25) is 0 Å². The van der Waals surface area contributed by atoms with Gasteiger partial charge < -0.3 is 19.2 Å². The van der Waals surface area contributed by atoms with Crippen molar-refractivity contribution in [2.75, 3.05) is 0 Å². The number of phosphoric acid groups is 1. The van der Waals surface area contributed by atoms with Crippen molar-refractivity contribution < 1.29 is 19.2 Å². The topological polar surface area (TPSA) is 86.2 Å². The van der Waals surface area contributed by atoms with Crippen LogP contribution in [0.1, 0.15) is 0 Å². The van der Waals surface area contributed by atoms with Gasteiger partial charge in [-0.15, -0.1) is 0 Å². The Balaban J connectivity index is -0.0000000350. The van der Waals surface area contributed by atoms with Gasteiger partial charge in [0.2, 0.25) is 0 Å². The van der Waals surface area contributed by atoms with E-state index in [0.29, 0.717) is 0 Å². The van der Waals surface area contributed by atoms with Gasteiger partial charge in [0.15, 0.2) is 0 Å². The van der Waals surface area contributed by atoms with Crippen LogP contribution >= 0.6 is 7.82 Å². The summed E-state index contributed by atoms with van der Waals surface area (Å²) in [7, 11) is -5.39. The molecule has 0 amide bonds. The minimum atomic E-state index is -5.39. The van der Waals surface area contributed by atoms with Crippen molar-refractivity contribution in [3.63, 3.8) is 0 Å². The molecule has 0 aromatic heterocycles. The van der Waals surface area contributed by atoms with E-state index in [1.807, 2.05) is 42.9 Å². The molecule has 0 spiro atoms. The zero-order valence-corrected chi connectivity index (χ0v) is 21.7. The molecule has 0 N–H and O–H groups in total. The third-order valence-corrected chi connectivity index (χ3v) is 0. The Morgan fingerprint density at radius 2 is 0.818 bits per heavy atom. The van der Waals surface area contributed by atoms with Crippen molar-refractivity contribution in [1.82, 2.24) is 0 Å². The molecule has 44 valence electrons. The van der Waals surface area contributed by atoms with E-state index < -0.39 is 7.82 Å². The van der Waals surface area contributed by atoms with E-state index in [0.717, 1.165) is 92.7 Å². The molecule has 0 heterocycles. The Morgan fingerprint density at radius 1 is 0.818 bits per heavy atom. The third-order valence-electron chi connectivity index (χ3n) is 0. The summed E-state index contributed by atoms with van der Waals surface area (Å²) in [4.78, 5) is 25.6. The first-order chi connectivity index (χ1) is 5.00. The average Bonchev–Trinajstić information content (AvgIpc) is 1.96. The van der Waals surface area contributed by atoms with Gasteiger partial charge in [-0.1, -0.05) is 0 Å². The summed E-state index contributed by atoms with van der Waals surface area (Å²) in [5, 5.41) is 0. The van der Waals surface area contributed by atoms with Crippen LogP contribution in [-0.2, 0) is 4.57 Å². The zero-order valence-electron chi connectivity index (χ0n) is 7.20. The molecule has 0 saturated carbocycles. The molecule has 0 atom stereocenters. The van der Waals surface area contributed by atoms with Crippen molar-refractivity contribution in [3.8, 4) is 0 Å². The van der Waals surface area contributed by atoms with E-state index in [2.05, 4.69) is 0 Å². The second kappa shape index (κ2) is 25.1. The van der Waals surface area contributed by atoms with Crippen LogP contribution in [0.15, 0.2) is 0 Å². The Labute approximate surface area is 157 Å². The van der Waals surface area contributed by atoms with Gasteiger partial charge in [-0.05, 0) is 0 Å². The van der Waals surface area contributed by atoms with Gasteiger partial charge in [-0.25, -0.2) is 0 Å². The van der Waals surface area contributed by atoms with Crippen LogP contribution in [0.25, 0.3) is 0 Å². The molecule has 0 aliphatic heterocycles. The Morgan fingerprint density at radius 3 is 0.818 bits per heavy atom. The van der Waals surface area contributed by atoms with E-state index in [1.54, 1.807) is 0 Å². The first-order valence-corrected chi connectivity index (χ1v) is 28.4. The standard InChI is InChI=1S/3Ca.3Mg.H3O4P.3H/c;;;;;;1-5(2,3)4;;;/h;;;;;;(H3,1,2,3,4);;;/q;;;3*+1;;;;/p-3. The molecule has 0 saturated heterocycles. The van der Waals surface area contributed by atoms with E-state index in [4.69, 9.17) is 19.2 Å². The molecule has 4 nitrogen and oxygen atoms in total. The van der Waals surface area contributed by atoms with E-state index in [-0.39, 0.29) is 0 Å². The summed E-state index contributed by atoms with van der Waals surface area (Å²) in [6.45, 7) is 0. The van der Waals surface area contributed by atoms with Crippen LogP contribution in [0.2, 0.25) is 0 Å². The molecule has 11 heavy (non-hydrogen) atoms. The van der Waals surface area contributed by atoms with Crippen LogP contribution in [0.4, 0.5) is 0 Å². The first kappa shape index (κ1) is 25.9. The van der Waals surface area contributed by atoms with Crippen LogP contribution in [-0.4, -0.2) is 136 Å². The van der Waals surface area contributed by atoms with Crippen LogP contribution in [0.5, 0.6) is 0 Å². The third kappa shape index (κ3) is 85.1. The summed E-state index contributed by atoms with van der Waals surface area (Å²) < 4.78 is 8.55. The Hall–Kier alpha value is 6.19. The molecule has 11 heteroatoms. The molecular formula is H3Ca3Mg3O4P. The van der Waals surface area contributed by atoms with Gasteiger partial charge in [0.25, 0.3) is 0 Å². The van der Waals surface area contributed by atoms with E-state index in [1.165, 1.54) is 0 Å². The molecule has 0 rings (SSSR count). The van der Waals surface area contributed by atoms with Crippen molar-refractivity contribution in [3.05, 3.63) is 0 Å². The fraction of sp³-hybridized carbons (Fsp3) is 0. The molecule has 0 fully saturated rings. The fourth-order valence-corrected chi connectivity index (χ4v) is 0. The maximum atomic E-state index is 8.55. The van der Waals surface area contributed by atoms with Gasteiger partial charge in [0, 0.05) is 0 Å². The zero-order chi connectivity index (χ0) is 10.5. The molecule has 0 aromatic rings. The number of hydrogen-bond acceptors (Lipinski definition) is 4. The van der Waals surface area contributed by atoms with Crippen molar-refractivity contribution in [2.24, 2.45) is 0 Å². The van der Waals surface area contributed by atoms with E-state index in [9.17, 15) is 0 Å². The second-order valence-electron chi connectivity index (χ2n) is 0.447. The maximum absolute atomic E-state index is 8.55. The number of rotatable bonds is 0. The molecular weight excluding hydrogens is 288 g/mol. The van der Waals surface area contributed by atoms with Gasteiger partial charge in [-0.2, -0.15) is 7.82 Å². The van der Waals surface area contributed by atoms with Crippen molar-refractivity contribution in [2.45, 2.75) is 0 Å². The predicted octanol–water partition coefficient (Wildman–Crippen LogP) is -5.91. The van der Waals surface area contributed by atoms with Crippen LogP contribution in [0.3, 0.4) is 0 Å². The normalized spacial score (nSPS) is 6.73. The van der Waals surface area contributed by atoms with Crippen LogP contribution in [0, 0.1) is 0 Å². The summed E-state index contributed by atoms with van der Waals surface area (Å²) in [5.74, 6) is 0. The Kier molecular flexibility index (Phi) is 59.2. The minimum absolute atomic E-state index is 1.09. The first-order valence-electron chi connectivity index (χ1n) is 2.85. The van der Waals surface area contributed by atoms with Crippen molar-refractivity contribution in [1.29, 1.82) is 0 Å². The van der Waals surface area contributed by atoms with E-state index >= 15 is 0 Å². The molecule has 0 radical (unpaired) electrons. The van der Waals surface area contributed by atoms with Crippen LogP contribution < -0.4 is 14.7 Å². The van der Waals surface area contributed by atoms with Gasteiger partial charge >= 0.3 is 136 Å². The molecule has 0 unspecified atom stereocenters. The molecule has 0 aromatic carbocycles. The molecule has 0 bridgehead atoms. The summed E-state index contributed by atoms with van der Waals surface area (Å²) in [5.41, 5.74) is 0. The summed E-state index contributed by atoms with van der Waals surface area (Å²) in [6, 6.07) is 0. The predicted molar refractivity (Wildman–Crippen MR) is 46.3 cm³/mol. The quantitative estimate of drug-likeness (QED) is 0.328. The summed E-state index contributed by atoms with van der Waals surface area (Å²) >= 11 is 9.42. The monoisotopic (exact) mass is 290 g/mol. The molecule has 0 aliphatic carbocycles. The average molecular weight is 291 g/mol.